The molecule has 0 saturated carbocycles. The number of carbonyl (C=O) groups excluding carboxylic acids is 3. The van der Waals surface area contributed by atoms with Crippen LogP contribution in [-0.4, -0.2) is 48.8 Å². The van der Waals surface area contributed by atoms with Gasteiger partial charge in [0.2, 0.25) is 11.8 Å². The summed E-state index contributed by atoms with van der Waals surface area (Å²) in [6.45, 7) is 3.01. The molecule has 1 aromatic carbocycles. The van der Waals surface area contributed by atoms with Gasteiger partial charge in [-0.25, -0.2) is 0 Å². The number of rotatable bonds is 3. The van der Waals surface area contributed by atoms with Crippen molar-refractivity contribution in [2.24, 2.45) is 0 Å². The van der Waals surface area contributed by atoms with Crippen molar-refractivity contribution >= 4 is 17.7 Å². The van der Waals surface area contributed by atoms with Gasteiger partial charge >= 0.3 is 0 Å². The summed E-state index contributed by atoms with van der Waals surface area (Å²) < 4.78 is 0. The molecule has 1 heterocycles. The van der Waals surface area contributed by atoms with Gasteiger partial charge in [-0.3, -0.25) is 14.4 Å². The summed E-state index contributed by atoms with van der Waals surface area (Å²) in [5, 5.41) is 5.29. The standard InChI is InChI=1S/C15H19N3O3/c1-11-3-5-12(6-4-11)15(21)17-9-14(20)18-8-2-7-16-13(19)10-18/h3-6H,2,7-10H2,1H3,(H,16,19)(H,17,21). The first-order valence-electron chi connectivity index (χ1n) is 6.95. The van der Waals surface area contributed by atoms with E-state index in [9.17, 15) is 14.4 Å². The summed E-state index contributed by atoms with van der Waals surface area (Å²) in [6.07, 6.45) is 0.726. The van der Waals surface area contributed by atoms with E-state index < -0.39 is 0 Å². The minimum Gasteiger partial charge on any atom is -0.354 e. The van der Waals surface area contributed by atoms with E-state index in [1.807, 2.05) is 19.1 Å². The van der Waals surface area contributed by atoms with Crippen molar-refractivity contribution in [3.05, 3.63) is 35.4 Å². The van der Waals surface area contributed by atoms with E-state index in [4.69, 9.17) is 0 Å². The van der Waals surface area contributed by atoms with Crippen LogP contribution in [0.3, 0.4) is 0 Å². The lowest BCUT2D eigenvalue weighted by molar-refractivity contribution is -0.134. The van der Waals surface area contributed by atoms with Crippen LogP contribution in [-0.2, 0) is 9.59 Å². The molecule has 1 aliphatic heterocycles. The van der Waals surface area contributed by atoms with Crippen LogP contribution in [0.25, 0.3) is 0 Å². The molecule has 1 aliphatic rings. The summed E-state index contributed by atoms with van der Waals surface area (Å²) in [7, 11) is 0. The zero-order chi connectivity index (χ0) is 15.2. The van der Waals surface area contributed by atoms with Gasteiger partial charge < -0.3 is 15.5 Å². The first-order chi connectivity index (χ1) is 10.1. The lowest BCUT2D eigenvalue weighted by Gasteiger charge is -2.19. The number of nitrogens with zero attached hydrogens (tertiary/aromatic N) is 1. The second-order valence-corrected chi connectivity index (χ2v) is 5.07. The van der Waals surface area contributed by atoms with Gasteiger partial charge in [-0.2, -0.15) is 0 Å². The Hall–Kier alpha value is -2.37. The highest BCUT2D eigenvalue weighted by atomic mass is 16.2. The van der Waals surface area contributed by atoms with Crippen LogP contribution in [0.15, 0.2) is 24.3 Å². The number of nitrogens with one attached hydrogen (secondary N) is 2. The summed E-state index contributed by atoms with van der Waals surface area (Å²) >= 11 is 0. The Bertz CT molecular complexity index is 540. The number of hydrogen-bond acceptors (Lipinski definition) is 3. The highest BCUT2D eigenvalue weighted by Crippen LogP contribution is 2.03. The van der Waals surface area contributed by atoms with Gasteiger partial charge in [-0.15, -0.1) is 0 Å². The van der Waals surface area contributed by atoms with Gasteiger partial charge in [0.15, 0.2) is 0 Å². The van der Waals surface area contributed by atoms with E-state index in [0.29, 0.717) is 18.7 Å². The number of carbonyl (C=O) groups is 3. The molecule has 0 spiro atoms. The fourth-order valence-corrected chi connectivity index (χ4v) is 2.09. The van der Waals surface area contributed by atoms with E-state index >= 15 is 0 Å². The van der Waals surface area contributed by atoms with Crippen LogP contribution < -0.4 is 10.6 Å². The number of hydrogen-bond donors (Lipinski definition) is 2. The van der Waals surface area contributed by atoms with Crippen molar-refractivity contribution in [1.29, 1.82) is 0 Å². The summed E-state index contributed by atoms with van der Waals surface area (Å²) in [5.41, 5.74) is 1.58. The first-order valence-corrected chi connectivity index (χ1v) is 6.95. The van der Waals surface area contributed by atoms with E-state index in [1.165, 1.54) is 4.90 Å². The van der Waals surface area contributed by atoms with Crippen molar-refractivity contribution in [2.45, 2.75) is 13.3 Å². The van der Waals surface area contributed by atoms with Crippen LogP contribution in [0.4, 0.5) is 0 Å². The van der Waals surface area contributed by atoms with Crippen LogP contribution >= 0.6 is 0 Å². The van der Waals surface area contributed by atoms with Crippen molar-refractivity contribution in [3.8, 4) is 0 Å². The Labute approximate surface area is 123 Å². The molecule has 112 valence electrons. The summed E-state index contributed by atoms with van der Waals surface area (Å²) in [5.74, 6) is -0.694. The predicted octanol–water partition coefficient (Wildman–Crippen LogP) is 0.0733. The van der Waals surface area contributed by atoms with E-state index in [2.05, 4.69) is 10.6 Å². The quantitative estimate of drug-likeness (QED) is 0.827. The molecule has 0 radical (unpaired) electrons. The lowest BCUT2D eigenvalue weighted by atomic mass is 10.1. The largest absolute Gasteiger partial charge is 0.354 e. The maximum Gasteiger partial charge on any atom is 0.251 e. The maximum absolute atomic E-state index is 12.0. The van der Waals surface area contributed by atoms with Crippen LogP contribution in [0, 0.1) is 6.92 Å². The predicted molar refractivity (Wildman–Crippen MR) is 77.7 cm³/mol. The minimum absolute atomic E-state index is 0.0548. The SMILES string of the molecule is Cc1ccc(C(=O)NCC(=O)N2CCCNC(=O)C2)cc1. The van der Waals surface area contributed by atoms with E-state index in [-0.39, 0.29) is 30.8 Å². The molecule has 1 fully saturated rings. The highest BCUT2D eigenvalue weighted by Gasteiger charge is 2.20. The molecular weight excluding hydrogens is 270 g/mol. The normalized spacial score (nSPS) is 15.1. The average molecular weight is 289 g/mol. The zero-order valence-electron chi connectivity index (χ0n) is 12.0. The Morgan fingerprint density at radius 1 is 1.29 bits per heavy atom. The smallest absolute Gasteiger partial charge is 0.251 e. The Kier molecular flexibility index (Phi) is 4.92. The first kappa shape index (κ1) is 15.0. The fraction of sp³-hybridized carbons (Fsp3) is 0.400. The molecule has 6 nitrogen and oxygen atoms in total. The van der Waals surface area contributed by atoms with Gasteiger partial charge in [0.1, 0.15) is 0 Å². The Balaban J connectivity index is 1.86. The zero-order valence-corrected chi connectivity index (χ0v) is 12.0. The number of benzene rings is 1. The molecule has 21 heavy (non-hydrogen) atoms. The van der Waals surface area contributed by atoms with Crippen molar-refractivity contribution < 1.29 is 14.4 Å². The van der Waals surface area contributed by atoms with Crippen molar-refractivity contribution in [1.82, 2.24) is 15.5 Å². The van der Waals surface area contributed by atoms with Gasteiger partial charge in [0.25, 0.3) is 5.91 Å². The van der Waals surface area contributed by atoms with Gasteiger partial charge in [0.05, 0.1) is 13.1 Å². The second kappa shape index (κ2) is 6.88. The molecule has 1 aromatic rings. The van der Waals surface area contributed by atoms with Crippen LogP contribution in [0.5, 0.6) is 0 Å². The summed E-state index contributed by atoms with van der Waals surface area (Å²) in [6, 6.07) is 7.12. The van der Waals surface area contributed by atoms with Crippen molar-refractivity contribution in [2.75, 3.05) is 26.2 Å². The molecule has 2 rings (SSSR count). The molecule has 2 N–H and O–H groups in total. The van der Waals surface area contributed by atoms with Crippen LogP contribution in [0.1, 0.15) is 22.3 Å². The van der Waals surface area contributed by atoms with Crippen molar-refractivity contribution in [3.63, 3.8) is 0 Å². The maximum atomic E-state index is 12.0. The molecule has 3 amide bonds. The van der Waals surface area contributed by atoms with Crippen LogP contribution in [0.2, 0.25) is 0 Å². The van der Waals surface area contributed by atoms with Gasteiger partial charge in [0, 0.05) is 18.7 Å². The third-order valence-corrected chi connectivity index (χ3v) is 3.33. The van der Waals surface area contributed by atoms with Gasteiger partial charge in [-0.1, -0.05) is 17.7 Å². The number of amides is 3. The summed E-state index contributed by atoms with van der Waals surface area (Å²) in [4.78, 5) is 36.8. The molecule has 0 aromatic heterocycles. The molecule has 0 aliphatic carbocycles. The van der Waals surface area contributed by atoms with E-state index in [1.54, 1.807) is 12.1 Å². The molecular formula is C15H19N3O3. The second-order valence-electron chi connectivity index (χ2n) is 5.07. The third kappa shape index (κ3) is 4.30. The monoisotopic (exact) mass is 289 g/mol. The molecule has 6 heteroatoms. The lowest BCUT2D eigenvalue weighted by Crippen LogP contribution is -2.43. The average Bonchev–Trinajstić information content (AvgIpc) is 2.70. The third-order valence-electron chi connectivity index (χ3n) is 3.33. The topological polar surface area (TPSA) is 78.5 Å². The molecule has 0 unspecified atom stereocenters. The molecule has 1 saturated heterocycles. The Morgan fingerprint density at radius 2 is 2.00 bits per heavy atom. The number of aryl methyl sites for hydroxylation is 1. The minimum atomic E-state index is -0.289. The highest BCUT2D eigenvalue weighted by molar-refractivity contribution is 5.96. The Morgan fingerprint density at radius 3 is 2.71 bits per heavy atom. The van der Waals surface area contributed by atoms with Gasteiger partial charge in [-0.05, 0) is 25.5 Å². The fourth-order valence-electron chi connectivity index (χ4n) is 2.09. The molecule has 0 atom stereocenters. The van der Waals surface area contributed by atoms with E-state index in [0.717, 1.165) is 12.0 Å². The molecule has 0 bridgehead atoms.